The Bertz CT molecular complexity index is 435. The van der Waals surface area contributed by atoms with Crippen LogP contribution in [0.4, 0.5) is 0 Å². The van der Waals surface area contributed by atoms with E-state index in [4.69, 9.17) is 0 Å². The highest BCUT2D eigenvalue weighted by Crippen LogP contribution is 2.26. The van der Waals surface area contributed by atoms with Crippen molar-refractivity contribution < 1.29 is 0 Å². The first-order valence-corrected chi connectivity index (χ1v) is 8.59. The quantitative estimate of drug-likeness (QED) is 0.813. The predicted molar refractivity (Wildman–Crippen MR) is 91.8 cm³/mol. The van der Waals surface area contributed by atoms with Crippen molar-refractivity contribution in [1.82, 2.24) is 10.2 Å². The second-order valence-corrected chi connectivity index (χ2v) is 6.84. The molecule has 0 bridgehead atoms. The Morgan fingerprint density at radius 2 is 1.95 bits per heavy atom. The zero-order valence-electron chi connectivity index (χ0n) is 14.3. The third-order valence-corrected chi connectivity index (χ3v) is 4.79. The molecule has 0 heterocycles. The fourth-order valence-corrected chi connectivity index (χ4v) is 3.76. The normalized spacial score (nSPS) is 17.6. The number of hydrogen-bond acceptors (Lipinski definition) is 2. The zero-order valence-corrected chi connectivity index (χ0v) is 14.3. The Kier molecular flexibility index (Phi) is 6.25. The van der Waals surface area contributed by atoms with Crippen molar-refractivity contribution in [2.75, 3.05) is 26.7 Å². The molecule has 0 aliphatic heterocycles. The molecular formula is C19H32N2. The molecule has 2 nitrogen and oxygen atoms in total. The van der Waals surface area contributed by atoms with Crippen molar-refractivity contribution in [3.8, 4) is 0 Å². The highest BCUT2D eigenvalue weighted by atomic mass is 15.1. The van der Waals surface area contributed by atoms with E-state index in [9.17, 15) is 0 Å². The molecule has 0 aromatic heterocycles. The third-order valence-electron chi connectivity index (χ3n) is 4.79. The summed E-state index contributed by atoms with van der Waals surface area (Å²) in [5.41, 5.74) is 4.22. The molecule has 21 heavy (non-hydrogen) atoms. The van der Waals surface area contributed by atoms with Crippen LogP contribution >= 0.6 is 0 Å². The molecule has 118 valence electrons. The molecule has 2 heteroatoms. The molecule has 0 amide bonds. The summed E-state index contributed by atoms with van der Waals surface area (Å²) in [6.07, 6.45) is 5.73. The molecule has 1 aliphatic carbocycles. The maximum absolute atomic E-state index is 3.67. The Hall–Kier alpha value is -0.860. The van der Waals surface area contributed by atoms with Gasteiger partial charge < -0.3 is 10.2 Å². The third kappa shape index (κ3) is 4.82. The van der Waals surface area contributed by atoms with Gasteiger partial charge in [-0.1, -0.05) is 43.5 Å². The average Bonchev–Trinajstić information content (AvgIpc) is 2.91. The summed E-state index contributed by atoms with van der Waals surface area (Å²) in [6.45, 7) is 10.00. The maximum Gasteiger partial charge on any atom is 0.0451 e. The fourth-order valence-electron chi connectivity index (χ4n) is 3.76. The number of benzene rings is 1. The second-order valence-electron chi connectivity index (χ2n) is 6.84. The number of aryl methyl sites for hydroxylation is 2. The van der Waals surface area contributed by atoms with Crippen molar-refractivity contribution in [3.05, 3.63) is 34.9 Å². The Morgan fingerprint density at radius 3 is 2.57 bits per heavy atom. The number of nitrogens with one attached hydrogen (secondary N) is 1. The molecule has 1 unspecified atom stereocenters. The van der Waals surface area contributed by atoms with E-state index < -0.39 is 0 Å². The molecule has 1 aromatic rings. The van der Waals surface area contributed by atoms with E-state index in [1.807, 2.05) is 0 Å². The van der Waals surface area contributed by atoms with E-state index in [2.05, 4.69) is 56.2 Å². The van der Waals surface area contributed by atoms with Crippen LogP contribution in [-0.4, -0.2) is 31.6 Å². The first kappa shape index (κ1) is 16.5. The monoisotopic (exact) mass is 288 g/mol. The van der Waals surface area contributed by atoms with Gasteiger partial charge in [-0.3, -0.25) is 0 Å². The number of likely N-dealkylation sites (N-methyl/N-ethyl adjacent to an activating group) is 2. The fraction of sp³-hybridized carbons (Fsp3) is 0.684. The van der Waals surface area contributed by atoms with E-state index in [0.717, 1.165) is 19.0 Å². The highest BCUT2D eigenvalue weighted by Gasteiger charge is 2.20. The molecule has 1 atom stereocenters. The van der Waals surface area contributed by atoms with Gasteiger partial charge in [-0.05, 0) is 57.3 Å². The van der Waals surface area contributed by atoms with Crippen LogP contribution in [0.3, 0.4) is 0 Å². The Labute approximate surface area is 130 Å². The van der Waals surface area contributed by atoms with Crippen LogP contribution in [-0.2, 0) is 0 Å². The summed E-state index contributed by atoms with van der Waals surface area (Å²) in [4.78, 5) is 2.53. The molecule has 1 saturated carbocycles. The van der Waals surface area contributed by atoms with E-state index in [1.165, 1.54) is 48.9 Å². The SMILES string of the molecule is CCNC(CN(C)CC1CCCC1)c1ccc(C)cc1C. The molecule has 2 rings (SSSR count). The van der Waals surface area contributed by atoms with Gasteiger partial charge in [0.25, 0.3) is 0 Å². The lowest BCUT2D eigenvalue weighted by molar-refractivity contribution is 0.250. The second kappa shape index (κ2) is 7.95. The summed E-state index contributed by atoms with van der Waals surface area (Å²) < 4.78 is 0. The standard InChI is InChI=1S/C19H32N2/c1-5-20-19(18-11-10-15(2)12-16(18)3)14-21(4)13-17-8-6-7-9-17/h10-12,17,19-20H,5-9,13-14H2,1-4H3. The van der Waals surface area contributed by atoms with Crippen LogP contribution in [0.1, 0.15) is 55.3 Å². The van der Waals surface area contributed by atoms with E-state index in [1.54, 1.807) is 0 Å². The summed E-state index contributed by atoms with van der Waals surface area (Å²) in [5, 5.41) is 3.67. The molecule has 0 radical (unpaired) electrons. The maximum atomic E-state index is 3.67. The topological polar surface area (TPSA) is 15.3 Å². The van der Waals surface area contributed by atoms with Crippen LogP contribution in [0.15, 0.2) is 18.2 Å². The van der Waals surface area contributed by atoms with Crippen molar-refractivity contribution in [2.24, 2.45) is 5.92 Å². The summed E-state index contributed by atoms with van der Waals surface area (Å²) >= 11 is 0. The lowest BCUT2D eigenvalue weighted by atomic mass is 9.98. The molecule has 1 N–H and O–H groups in total. The van der Waals surface area contributed by atoms with Gasteiger partial charge in [0.1, 0.15) is 0 Å². The van der Waals surface area contributed by atoms with E-state index in [0.29, 0.717) is 6.04 Å². The van der Waals surface area contributed by atoms with Crippen LogP contribution in [0.5, 0.6) is 0 Å². The minimum Gasteiger partial charge on any atom is -0.309 e. The van der Waals surface area contributed by atoms with Gasteiger partial charge in [0, 0.05) is 19.1 Å². The average molecular weight is 288 g/mol. The van der Waals surface area contributed by atoms with Crippen molar-refractivity contribution in [1.29, 1.82) is 0 Å². The van der Waals surface area contributed by atoms with E-state index in [-0.39, 0.29) is 0 Å². The van der Waals surface area contributed by atoms with Gasteiger partial charge >= 0.3 is 0 Å². The highest BCUT2D eigenvalue weighted by molar-refractivity contribution is 5.33. The predicted octanol–water partition coefficient (Wildman–Crippen LogP) is 4.08. The van der Waals surface area contributed by atoms with Gasteiger partial charge in [0.2, 0.25) is 0 Å². The Balaban J connectivity index is 2.00. The smallest absolute Gasteiger partial charge is 0.0451 e. The number of rotatable bonds is 7. The largest absolute Gasteiger partial charge is 0.309 e. The van der Waals surface area contributed by atoms with Gasteiger partial charge in [-0.25, -0.2) is 0 Å². The zero-order chi connectivity index (χ0) is 15.2. The van der Waals surface area contributed by atoms with Gasteiger partial charge in [0.05, 0.1) is 0 Å². The minimum absolute atomic E-state index is 0.446. The van der Waals surface area contributed by atoms with E-state index >= 15 is 0 Å². The Morgan fingerprint density at radius 1 is 1.24 bits per heavy atom. The van der Waals surface area contributed by atoms with Crippen molar-refractivity contribution >= 4 is 0 Å². The number of nitrogens with zero attached hydrogens (tertiary/aromatic N) is 1. The van der Waals surface area contributed by atoms with Gasteiger partial charge in [-0.2, -0.15) is 0 Å². The molecule has 1 fully saturated rings. The van der Waals surface area contributed by atoms with Crippen LogP contribution in [0, 0.1) is 19.8 Å². The molecular weight excluding hydrogens is 256 g/mol. The van der Waals surface area contributed by atoms with Gasteiger partial charge in [-0.15, -0.1) is 0 Å². The summed E-state index contributed by atoms with van der Waals surface area (Å²) in [5.74, 6) is 0.927. The number of hydrogen-bond donors (Lipinski definition) is 1. The minimum atomic E-state index is 0.446. The first-order chi connectivity index (χ1) is 10.1. The lowest BCUT2D eigenvalue weighted by Gasteiger charge is -2.28. The van der Waals surface area contributed by atoms with Crippen LogP contribution in [0.2, 0.25) is 0 Å². The van der Waals surface area contributed by atoms with Crippen molar-refractivity contribution in [2.45, 2.75) is 52.5 Å². The van der Waals surface area contributed by atoms with Crippen LogP contribution < -0.4 is 5.32 Å². The summed E-state index contributed by atoms with van der Waals surface area (Å²) in [7, 11) is 2.28. The van der Waals surface area contributed by atoms with Crippen LogP contribution in [0.25, 0.3) is 0 Å². The van der Waals surface area contributed by atoms with Crippen molar-refractivity contribution in [3.63, 3.8) is 0 Å². The molecule has 1 aromatic carbocycles. The molecule has 1 aliphatic rings. The molecule has 0 saturated heterocycles. The van der Waals surface area contributed by atoms with Gasteiger partial charge in [0.15, 0.2) is 0 Å². The summed E-state index contributed by atoms with van der Waals surface area (Å²) in [6, 6.07) is 7.30. The lowest BCUT2D eigenvalue weighted by Crippen LogP contribution is -2.35. The molecule has 0 spiro atoms. The first-order valence-electron chi connectivity index (χ1n) is 8.59.